The summed E-state index contributed by atoms with van der Waals surface area (Å²) >= 11 is 0. The van der Waals surface area contributed by atoms with Crippen LogP contribution >= 0.6 is 24.0 Å². The average molecular weight is 500 g/mol. The molecule has 0 spiro atoms. The number of hydrogen-bond acceptors (Lipinski definition) is 5. The highest BCUT2D eigenvalue weighted by Crippen LogP contribution is 2.11. The van der Waals surface area contributed by atoms with E-state index < -0.39 is 10.8 Å². The molecule has 1 fully saturated rings. The molecule has 9 heteroatoms. The van der Waals surface area contributed by atoms with Crippen LogP contribution < -0.4 is 10.6 Å². The van der Waals surface area contributed by atoms with Gasteiger partial charge in [-0.2, -0.15) is 0 Å². The van der Waals surface area contributed by atoms with Crippen LogP contribution in [0.15, 0.2) is 47.7 Å². The zero-order valence-electron chi connectivity index (χ0n) is 15.3. The Hall–Kier alpha value is -1.75. The van der Waals surface area contributed by atoms with Crippen molar-refractivity contribution in [1.29, 1.82) is 0 Å². The second-order valence-electron chi connectivity index (χ2n) is 6.23. The number of nitrogens with zero attached hydrogens (tertiary/aromatic N) is 5. The zero-order chi connectivity index (χ0) is 18.4. The largest absolute Gasteiger partial charge is 0.370 e. The molecule has 27 heavy (non-hydrogen) atoms. The maximum atomic E-state index is 11.3. The highest BCUT2D eigenvalue weighted by atomic mass is 127. The van der Waals surface area contributed by atoms with E-state index in [9.17, 15) is 4.21 Å². The minimum atomic E-state index is -0.822. The highest BCUT2D eigenvalue weighted by molar-refractivity contribution is 14.0. The molecule has 1 aromatic heterocycles. The molecule has 2 N–H and O–H groups in total. The third-order valence-electron chi connectivity index (χ3n) is 4.26. The Bertz CT molecular complexity index is 763. The van der Waals surface area contributed by atoms with E-state index in [0.29, 0.717) is 18.3 Å². The summed E-state index contributed by atoms with van der Waals surface area (Å²) in [6.45, 7) is 3.79. The van der Waals surface area contributed by atoms with Gasteiger partial charge in [0.2, 0.25) is 5.95 Å². The average Bonchev–Trinajstić information content (AvgIpc) is 2.67. The summed E-state index contributed by atoms with van der Waals surface area (Å²) in [5.74, 6) is 1.91. The second-order valence-corrected chi connectivity index (χ2v) is 7.67. The second kappa shape index (κ2) is 10.5. The molecule has 1 aliphatic heterocycles. The van der Waals surface area contributed by atoms with Crippen molar-refractivity contribution in [3.63, 3.8) is 0 Å². The molecule has 1 atom stereocenters. The molecule has 0 amide bonds. The summed E-state index contributed by atoms with van der Waals surface area (Å²) in [5, 5.41) is 0. The van der Waals surface area contributed by atoms with Gasteiger partial charge in [0.05, 0.1) is 6.54 Å². The Morgan fingerprint density at radius 3 is 2.30 bits per heavy atom. The smallest absolute Gasteiger partial charge is 0.225 e. The molecular formula is C18H25IN6OS. The van der Waals surface area contributed by atoms with Gasteiger partial charge in [0.15, 0.2) is 5.96 Å². The van der Waals surface area contributed by atoms with E-state index in [2.05, 4.69) is 24.8 Å². The van der Waals surface area contributed by atoms with E-state index in [1.807, 2.05) is 30.3 Å². The number of aromatic nitrogens is 2. The van der Waals surface area contributed by atoms with Crippen LogP contribution in [0.25, 0.3) is 0 Å². The number of halogens is 1. The molecule has 0 bridgehead atoms. The van der Waals surface area contributed by atoms with Crippen LogP contribution in [0.1, 0.15) is 11.1 Å². The predicted octanol–water partition coefficient (Wildman–Crippen LogP) is 1.61. The lowest BCUT2D eigenvalue weighted by Gasteiger charge is -2.35. The third kappa shape index (κ3) is 6.42. The molecule has 1 aromatic carbocycles. The Balaban J connectivity index is 0.00000261. The standard InChI is InChI=1S/C18H24N6OS.HI/c1-26(25)14-16-5-3-15(4-6-16)13-22-17(19)23-9-11-24(12-10-23)18-20-7-2-8-21-18;/h2-8H,9-14H2,1H3,(H2,19,22);1H. The molecule has 2 aromatic rings. The van der Waals surface area contributed by atoms with Crippen LogP contribution in [0.4, 0.5) is 5.95 Å². The topological polar surface area (TPSA) is 87.7 Å². The molecule has 0 radical (unpaired) electrons. The monoisotopic (exact) mass is 500 g/mol. The Labute approximate surface area is 179 Å². The summed E-state index contributed by atoms with van der Waals surface area (Å²) in [6, 6.07) is 9.86. The lowest BCUT2D eigenvalue weighted by atomic mass is 10.1. The molecular weight excluding hydrogens is 475 g/mol. The van der Waals surface area contributed by atoms with Gasteiger partial charge in [-0.25, -0.2) is 15.0 Å². The molecule has 146 valence electrons. The molecule has 2 heterocycles. The first-order valence-corrected chi connectivity index (χ1v) is 10.3. The predicted molar refractivity (Wildman–Crippen MR) is 121 cm³/mol. The number of aliphatic imine (C=N–C) groups is 1. The van der Waals surface area contributed by atoms with Gasteiger partial charge in [0.25, 0.3) is 0 Å². The first kappa shape index (κ1) is 21.5. The van der Waals surface area contributed by atoms with Gasteiger partial charge < -0.3 is 15.5 Å². The first-order valence-electron chi connectivity index (χ1n) is 8.56. The van der Waals surface area contributed by atoms with Gasteiger partial charge >= 0.3 is 0 Å². The highest BCUT2D eigenvalue weighted by Gasteiger charge is 2.19. The summed E-state index contributed by atoms with van der Waals surface area (Å²) in [5.41, 5.74) is 8.33. The number of rotatable bonds is 5. The molecule has 1 aliphatic rings. The normalized spacial score (nSPS) is 16.0. The van der Waals surface area contributed by atoms with Gasteiger partial charge in [-0.05, 0) is 17.2 Å². The Kier molecular flexibility index (Phi) is 8.42. The van der Waals surface area contributed by atoms with Gasteiger partial charge in [0, 0.05) is 61.4 Å². The van der Waals surface area contributed by atoms with E-state index >= 15 is 0 Å². The van der Waals surface area contributed by atoms with Crippen LogP contribution in [-0.4, -0.2) is 57.5 Å². The molecule has 0 saturated carbocycles. The summed E-state index contributed by atoms with van der Waals surface area (Å²) in [6.07, 6.45) is 5.23. The zero-order valence-corrected chi connectivity index (χ0v) is 18.5. The van der Waals surface area contributed by atoms with Crippen molar-refractivity contribution in [3.05, 3.63) is 53.9 Å². The van der Waals surface area contributed by atoms with E-state index in [1.54, 1.807) is 18.6 Å². The van der Waals surface area contributed by atoms with Gasteiger partial charge in [0.1, 0.15) is 0 Å². The van der Waals surface area contributed by atoms with Crippen molar-refractivity contribution in [2.45, 2.75) is 12.3 Å². The maximum absolute atomic E-state index is 11.3. The van der Waals surface area contributed by atoms with Crippen molar-refractivity contribution >= 4 is 46.7 Å². The van der Waals surface area contributed by atoms with Crippen molar-refractivity contribution in [1.82, 2.24) is 14.9 Å². The number of piperazine rings is 1. The van der Waals surface area contributed by atoms with Crippen LogP contribution in [-0.2, 0) is 23.1 Å². The maximum Gasteiger partial charge on any atom is 0.225 e. The lowest BCUT2D eigenvalue weighted by Crippen LogP contribution is -2.51. The van der Waals surface area contributed by atoms with Gasteiger partial charge in [-0.15, -0.1) is 24.0 Å². The Morgan fingerprint density at radius 2 is 1.70 bits per heavy atom. The molecule has 0 aliphatic carbocycles. The van der Waals surface area contributed by atoms with E-state index in [4.69, 9.17) is 5.73 Å². The number of guanidine groups is 1. The van der Waals surface area contributed by atoms with E-state index in [1.165, 1.54) is 0 Å². The fourth-order valence-corrected chi connectivity index (χ4v) is 3.50. The summed E-state index contributed by atoms with van der Waals surface area (Å²) in [7, 11) is -0.822. The molecule has 1 saturated heterocycles. The van der Waals surface area contributed by atoms with E-state index in [-0.39, 0.29) is 24.0 Å². The van der Waals surface area contributed by atoms with Crippen LogP contribution in [0.2, 0.25) is 0 Å². The molecule has 7 nitrogen and oxygen atoms in total. The van der Waals surface area contributed by atoms with Gasteiger partial charge in [-0.3, -0.25) is 4.21 Å². The first-order chi connectivity index (χ1) is 12.6. The molecule has 3 rings (SSSR count). The molecule has 1 unspecified atom stereocenters. The number of benzene rings is 1. The van der Waals surface area contributed by atoms with Crippen molar-refractivity contribution in [2.24, 2.45) is 10.7 Å². The van der Waals surface area contributed by atoms with E-state index in [0.717, 1.165) is 43.3 Å². The van der Waals surface area contributed by atoms with Crippen molar-refractivity contribution in [2.75, 3.05) is 37.3 Å². The Morgan fingerprint density at radius 1 is 1.11 bits per heavy atom. The SMILES string of the molecule is CS(=O)Cc1ccc(CN=C(N)N2CCN(c3ncccn3)CC2)cc1.I. The minimum Gasteiger partial charge on any atom is -0.370 e. The van der Waals surface area contributed by atoms with Crippen molar-refractivity contribution < 1.29 is 4.21 Å². The fourth-order valence-electron chi connectivity index (χ4n) is 2.84. The van der Waals surface area contributed by atoms with Crippen LogP contribution in [0.3, 0.4) is 0 Å². The number of anilines is 1. The fraction of sp³-hybridized carbons (Fsp3) is 0.389. The minimum absolute atomic E-state index is 0. The van der Waals surface area contributed by atoms with Gasteiger partial charge in [-0.1, -0.05) is 24.3 Å². The van der Waals surface area contributed by atoms with Crippen LogP contribution in [0, 0.1) is 0 Å². The summed E-state index contributed by atoms with van der Waals surface area (Å²) in [4.78, 5) is 17.3. The summed E-state index contributed by atoms with van der Waals surface area (Å²) < 4.78 is 11.3. The number of nitrogens with two attached hydrogens (primary N) is 1. The number of hydrogen-bond donors (Lipinski definition) is 1. The quantitative estimate of drug-likeness (QED) is 0.382. The van der Waals surface area contributed by atoms with Crippen LogP contribution in [0.5, 0.6) is 0 Å². The van der Waals surface area contributed by atoms with Crippen molar-refractivity contribution in [3.8, 4) is 0 Å². The lowest BCUT2D eigenvalue weighted by molar-refractivity contribution is 0.378. The third-order valence-corrected chi connectivity index (χ3v) is 5.00.